The second-order valence-corrected chi connectivity index (χ2v) is 5.58. The first-order chi connectivity index (χ1) is 9.13. The summed E-state index contributed by atoms with van der Waals surface area (Å²) in [6.07, 6.45) is 0.889. The van der Waals surface area contributed by atoms with Gasteiger partial charge < -0.3 is 5.32 Å². The number of fused-ring (bicyclic) bond motifs is 1. The molecular formula is C15H16ClN3. The fourth-order valence-electron chi connectivity index (χ4n) is 2.64. The molecular weight excluding hydrogens is 258 g/mol. The van der Waals surface area contributed by atoms with Gasteiger partial charge >= 0.3 is 0 Å². The van der Waals surface area contributed by atoms with Gasteiger partial charge in [0.2, 0.25) is 5.95 Å². The smallest absolute Gasteiger partial charge is 0.223 e. The molecule has 2 unspecified atom stereocenters. The van der Waals surface area contributed by atoms with E-state index < -0.39 is 0 Å². The molecule has 0 spiro atoms. The van der Waals surface area contributed by atoms with E-state index in [9.17, 15) is 0 Å². The minimum atomic E-state index is 0.0434. The molecule has 19 heavy (non-hydrogen) atoms. The van der Waals surface area contributed by atoms with Crippen molar-refractivity contribution in [2.75, 3.05) is 5.32 Å². The van der Waals surface area contributed by atoms with E-state index >= 15 is 0 Å². The van der Waals surface area contributed by atoms with Crippen LogP contribution in [0.3, 0.4) is 0 Å². The average molecular weight is 274 g/mol. The van der Waals surface area contributed by atoms with E-state index in [1.165, 1.54) is 11.1 Å². The standard InChI is InChI=1S/C15H16ClN3/c1-9-7-10(2)18-15(17-9)19-14-12-6-4-3-5-11(12)8-13(14)16/h3-7,13-14H,8H2,1-2H3,(H,17,18,19). The number of rotatable bonds is 2. The molecule has 0 amide bonds. The van der Waals surface area contributed by atoms with E-state index in [1.807, 2.05) is 26.0 Å². The third-order valence-corrected chi connectivity index (χ3v) is 3.84. The van der Waals surface area contributed by atoms with Gasteiger partial charge in [0.05, 0.1) is 11.4 Å². The monoisotopic (exact) mass is 273 g/mol. The Labute approximate surface area is 118 Å². The Morgan fingerprint density at radius 3 is 2.58 bits per heavy atom. The quantitative estimate of drug-likeness (QED) is 0.852. The number of aromatic nitrogens is 2. The van der Waals surface area contributed by atoms with Crippen molar-refractivity contribution in [1.29, 1.82) is 0 Å². The van der Waals surface area contributed by atoms with Crippen molar-refractivity contribution in [2.45, 2.75) is 31.7 Å². The number of alkyl halides is 1. The Bertz CT molecular complexity index is 592. The van der Waals surface area contributed by atoms with Crippen molar-refractivity contribution < 1.29 is 0 Å². The minimum Gasteiger partial charge on any atom is -0.346 e. The Balaban J connectivity index is 1.91. The highest BCUT2D eigenvalue weighted by atomic mass is 35.5. The maximum Gasteiger partial charge on any atom is 0.223 e. The van der Waals surface area contributed by atoms with Crippen molar-refractivity contribution >= 4 is 17.5 Å². The number of halogens is 1. The van der Waals surface area contributed by atoms with E-state index in [1.54, 1.807) is 0 Å². The lowest BCUT2D eigenvalue weighted by molar-refractivity contribution is 0.758. The fraction of sp³-hybridized carbons (Fsp3) is 0.333. The van der Waals surface area contributed by atoms with Gasteiger partial charge in [-0.15, -0.1) is 11.6 Å². The predicted molar refractivity (Wildman–Crippen MR) is 77.7 cm³/mol. The number of hydrogen-bond acceptors (Lipinski definition) is 3. The molecule has 0 saturated carbocycles. The highest BCUT2D eigenvalue weighted by molar-refractivity contribution is 6.21. The summed E-state index contributed by atoms with van der Waals surface area (Å²) in [5.74, 6) is 0.657. The molecule has 4 heteroatoms. The summed E-state index contributed by atoms with van der Waals surface area (Å²) in [4.78, 5) is 8.85. The van der Waals surface area contributed by atoms with Gasteiger partial charge in [-0.1, -0.05) is 24.3 Å². The Morgan fingerprint density at radius 1 is 1.16 bits per heavy atom. The van der Waals surface area contributed by atoms with E-state index in [0.717, 1.165) is 17.8 Å². The molecule has 2 atom stereocenters. The van der Waals surface area contributed by atoms with Gasteiger partial charge in [0, 0.05) is 11.4 Å². The molecule has 1 N–H and O–H groups in total. The Hall–Kier alpha value is -1.61. The first kappa shape index (κ1) is 12.4. The summed E-state index contributed by atoms with van der Waals surface area (Å²) >= 11 is 6.45. The number of benzene rings is 1. The molecule has 1 heterocycles. The summed E-state index contributed by atoms with van der Waals surface area (Å²) < 4.78 is 0. The van der Waals surface area contributed by atoms with Crippen molar-refractivity contribution in [2.24, 2.45) is 0 Å². The molecule has 0 aliphatic heterocycles. The lowest BCUT2D eigenvalue weighted by Crippen LogP contribution is -2.18. The largest absolute Gasteiger partial charge is 0.346 e. The average Bonchev–Trinajstić information content (AvgIpc) is 2.65. The number of aryl methyl sites for hydroxylation is 2. The number of nitrogens with zero attached hydrogens (tertiary/aromatic N) is 2. The number of anilines is 1. The molecule has 1 aromatic heterocycles. The van der Waals surface area contributed by atoms with E-state index in [-0.39, 0.29) is 11.4 Å². The first-order valence-corrected chi connectivity index (χ1v) is 6.88. The van der Waals surface area contributed by atoms with E-state index in [4.69, 9.17) is 11.6 Å². The number of nitrogens with one attached hydrogen (secondary N) is 1. The SMILES string of the molecule is Cc1cc(C)nc(NC2c3ccccc3CC2Cl)n1. The van der Waals surface area contributed by atoms with Crippen LogP contribution >= 0.6 is 11.6 Å². The van der Waals surface area contributed by atoms with Crippen LogP contribution in [0.1, 0.15) is 28.6 Å². The van der Waals surface area contributed by atoms with Gasteiger partial charge in [-0.2, -0.15) is 0 Å². The summed E-state index contributed by atoms with van der Waals surface area (Å²) in [6, 6.07) is 10.4. The van der Waals surface area contributed by atoms with Crippen LogP contribution < -0.4 is 5.32 Å². The maximum atomic E-state index is 6.45. The molecule has 1 aliphatic rings. The minimum absolute atomic E-state index is 0.0434. The molecule has 0 bridgehead atoms. The van der Waals surface area contributed by atoms with Crippen molar-refractivity contribution in [3.8, 4) is 0 Å². The fourth-order valence-corrected chi connectivity index (χ4v) is 3.01. The van der Waals surface area contributed by atoms with Crippen LogP contribution in [-0.4, -0.2) is 15.3 Å². The topological polar surface area (TPSA) is 37.8 Å². The zero-order chi connectivity index (χ0) is 13.4. The van der Waals surface area contributed by atoms with Gasteiger partial charge in [-0.25, -0.2) is 9.97 Å². The molecule has 0 radical (unpaired) electrons. The highest BCUT2D eigenvalue weighted by Crippen LogP contribution is 2.36. The molecule has 1 aromatic carbocycles. The van der Waals surface area contributed by atoms with Crippen LogP contribution in [0.5, 0.6) is 0 Å². The lowest BCUT2D eigenvalue weighted by Gasteiger charge is -2.17. The van der Waals surface area contributed by atoms with Gasteiger partial charge in [-0.05, 0) is 37.5 Å². The number of hydrogen-bond donors (Lipinski definition) is 1. The second kappa shape index (κ2) is 4.82. The Kier molecular flexibility index (Phi) is 3.15. The molecule has 1 aliphatic carbocycles. The summed E-state index contributed by atoms with van der Waals surface area (Å²) in [5.41, 5.74) is 4.49. The van der Waals surface area contributed by atoms with Crippen molar-refractivity contribution in [3.05, 3.63) is 52.8 Å². The highest BCUT2D eigenvalue weighted by Gasteiger charge is 2.31. The van der Waals surface area contributed by atoms with Crippen LogP contribution in [0.2, 0.25) is 0 Å². The molecule has 0 fully saturated rings. The third kappa shape index (κ3) is 2.43. The lowest BCUT2D eigenvalue weighted by atomic mass is 10.1. The molecule has 2 aromatic rings. The van der Waals surface area contributed by atoms with Crippen LogP contribution in [0.15, 0.2) is 30.3 Å². The molecule has 3 nitrogen and oxygen atoms in total. The summed E-state index contributed by atoms with van der Waals surface area (Å²) in [5, 5.41) is 3.42. The van der Waals surface area contributed by atoms with Crippen molar-refractivity contribution in [3.63, 3.8) is 0 Å². The predicted octanol–water partition coefficient (Wildman–Crippen LogP) is 3.41. The molecule has 3 rings (SSSR count). The van der Waals surface area contributed by atoms with Gasteiger partial charge in [0.1, 0.15) is 0 Å². The third-order valence-electron chi connectivity index (χ3n) is 3.43. The summed E-state index contributed by atoms with van der Waals surface area (Å²) in [7, 11) is 0. The molecule has 98 valence electrons. The van der Waals surface area contributed by atoms with Gasteiger partial charge in [-0.3, -0.25) is 0 Å². The van der Waals surface area contributed by atoms with Crippen LogP contribution in [0.4, 0.5) is 5.95 Å². The first-order valence-electron chi connectivity index (χ1n) is 6.44. The molecule has 0 saturated heterocycles. The van der Waals surface area contributed by atoms with E-state index in [0.29, 0.717) is 5.95 Å². The zero-order valence-electron chi connectivity index (χ0n) is 11.0. The van der Waals surface area contributed by atoms with Crippen LogP contribution in [0.25, 0.3) is 0 Å². The van der Waals surface area contributed by atoms with Gasteiger partial charge in [0.25, 0.3) is 0 Å². The zero-order valence-corrected chi connectivity index (χ0v) is 11.8. The normalized spacial score (nSPS) is 21.2. The maximum absolute atomic E-state index is 6.45. The second-order valence-electron chi connectivity index (χ2n) is 5.02. The summed E-state index contributed by atoms with van der Waals surface area (Å²) in [6.45, 7) is 3.95. The van der Waals surface area contributed by atoms with Crippen molar-refractivity contribution in [1.82, 2.24) is 9.97 Å². The van der Waals surface area contributed by atoms with Crippen LogP contribution in [-0.2, 0) is 6.42 Å². The Morgan fingerprint density at radius 2 is 1.84 bits per heavy atom. The van der Waals surface area contributed by atoms with E-state index in [2.05, 4.69) is 33.5 Å². The van der Waals surface area contributed by atoms with Crippen LogP contribution in [0, 0.1) is 13.8 Å². The van der Waals surface area contributed by atoms with Gasteiger partial charge in [0.15, 0.2) is 0 Å².